The van der Waals surface area contributed by atoms with Gasteiger partial charge in [-0.1, -0.05) is 36.4 Å². The number of esters is 1. The van der Waals surface area contributed by atoms with E-state index in [-0.39, 0.29) is 12.0 Å². The van der Waals surface area contributed by atoms with Crippen molar-refractivity contribution in [3.05, 3.63) is 48.2 Å². The lowest BCUT2D eigenvalue weighted by molar-refractivity contribution is -0.160. The predicted octanol–water partition coefficient (Wildman–Crippen LogP) is 3.12. The molecular formula is C16H21NO2. The summed E-state index contributed by atoms with van der Waals surface area (Å²) in [6.45, 7) is 6.43. The lowest BCUT2D eigenvalue weighted by Gasteiger charge is -2.28. The second-order valence-corrected chi connectivity index (χ2v) is 5.83. The summed E-state index contributed by atoms with van der Waals surface area (Å²) in [5.74, 6) is -0.145. The van der Waals surface area contributed by atoms with Gasteiger partial charge in [0.2, 0.25) is 0 Å². The standard InChI is InChI=1S/C16H21NO2/c1-16(2,3)19-15(18)14-10-7-11-17(14)12-13-8-5-4-6-9-13/h4-9,11,14H,10,12H2,1-3H3. The number of hydrogen-bond donors (Lipinski definition) is 0. The van der Waals surface area contributed by atoms with Crippen LogP contribution in [0, 0.1) is 0 Å². The molecule has 0 spiro atoms. The minimum atomic E-state index is -0.432. The Kier molecular flexibility index (Phi) is 3.93. The van der Waals surface area contributed by atoms with E-state index in [1.54, 1.807) is 0 Å². The number of rotatable bonds is 3. The molecule has 0 N–H and O–H groups in total. The Labute approximate surface area is 114 Å². The van der Waals surface area contributed by atoms with Crippen molar-refractivity contribution in [3.8, 4) is 0 Å². The van der Waals surface area contributed by atoms with Crippen LogP contribution >= 0.6 is 0 Å². The molecule has 0 aromatic heterocycles. The summed E-state index contributed by atoms with van der Waals surface area (Å²) < 4.78 is 5.47. The Bertz CT molecular complexity index is 459. The predicted molar refractivity (Wildman–Crippen MR) is 75.4 cm³/mol. The summed E-state index contributed by atoms with van der Waals surface area (Å²) >= 11 is 0. The van der Waals surface area contributed by atoms with Gasteiger partial charge in [-0.3, -0.25) is 0 Å². The van der Waals surface area contributed by atoms with Gasteiger partial charge in [-0.15, -0.1) is 0 Å². The van der Waals surface area contributed by atoms with Gasteiger partial charge >= 0.3 is 5.97 Å². The van der Waals surface area contributed by atoms with Crippen LogP contribution in [-0.4, -0.2) is 22.5 Å². The molecule has 1 unspecified atom stereocenters. The molecule has 0 radical (unpaired) electrons. The summed E-state index contributed by atoms with van der Waals surface area (Å²) in [4.78, 5) is 14.2. The Morgan fingerprint density at radius 3 is 2.63 bits per heavy atom. The van der Waals surface area contributed by atoms with E-state index in [1.165, 1.54) is 5.56 Å². The molecule has 0 aliphatic carbocycles. The topological polar surface area (TPSA) is 29.5 Å². The van der Waals surface area contributed by atoms with E-state index in [0.29, 0.717) is 0 Å². The first kappa shape index (κ1) is 13.7. The van der Waals surface area contributed by atoms with Crippen LogP contribution in [0.25, 0.3) is 0 Å². The first-order valence-corrected chi connectivity index (χ1v) is 6.65. The van der Waals surface area contributed by atoms with E-state index >= 15 is 0 Å². The lowest BCUT2D eigenvalue weighted by atomic mass is 10.1. The van der Waals surface area contributed by atoms with Crippen molar-refractivity contribution >= 4 is 5.97 Å². The van der Waals surface area contributed by atoms with Gasteiger partial charge in [0.05, 0.1) is 0 Å². The Morgan fingerprint density at radius 1 is 1.32 bits per heavy atom. The molecule has 0 saturated carbocycles. The highest BCUT2D eigenvalue weighted by Crippen LogP contribution is 2.21. The number of carbonyl (C=O) groups is 1. The summed E-state index contributed by atoms with van der Waals surface area (Å²) in [6.07, 6.45) is 4.74. The average Bonchev–Trinajstić information content (AvgIpc) is 2.76. The maximum Gasteiger partial charge on any atom is 0.329 e. The summed E-state index contributed by atoms with van der Waals surface area (Å²) in [5, 5.41) is 0. The van der Waals surface area contributed by atoms with Crippen molar-refractivity contribution in [2.24, 2.45) is 0 Å². The number of carbonyl (C=O) groups excluding carboxylic acids is 1. The highest BCUT2D eigenvalue weighted by Gasteiger charge is 2.30. The van der Waals surface area contributed by atoms with Crippen molar-refractivity contribution in [2.45, 2.75) is 45.4 Å². The zero-order chi connectivity index (χ0) is 13.9. The van der Waals surface area contributed by atoms with Crippen molar-refractivity contribution in [3.63, 3.8) is 0 Å². The van der Waals surface area contributed by atoms with Crippen molar-refractivity contribution in [2.75, 3.05) is 0 Å². The van der Waals surface area contributed by atoms with Crippen LogP contribution in [0.1, 0.15) is 32.8 Å². The van der Waals surface area contributed by atoms with E-state index in [4.69, 9.17) is 4.74 Å². The van der Waals surface area contributed by atoms with Gasteiger partial charge < -0.3 is 9.64 Å². The van der Waals surface area contributed by atoms with Crippen LogP contribution in [0.3, 0.4) is 0 Å². The summed E-state index contributed by atoms with van der Waals surface area (Å²) in [5.41, 5.74) is 0.764. The van der Waals surface area contributed by atoms with Crippen molar-refractivity contribution < 1.29 is 9.53 Å². The first-order valence-electron chi connectivity index (χ1n) is 6.65. The minimum absolute atomic E-state index is 0.145. The third-order valence-corrected chi connectivity index (χ3v) is 2.94. The molecule has 1 aromatic rings. The minimum Gasteiger partial charge on any atom is -0.458 e. The molecule has 2 rings (SSSR count). The number of hydrogen-bond acceptors (Lipinski definition) is 3. The Morgan fingerprint density at radius 2 is 2.00 bits per heavy atom. The van der Waals surface area contributed by atoms with Crippen LogP contribution in [0.4, 0.5) is 0 Å². The zero-order valence-electron chi connectivity index (χ0n) is 11.8. The fourth-order valence-corrected chi connectivity index (χ4v) is 2.12. The van der Waals surface area contributed by atoms with E-state index in [9.17, 15) is 4.79 Å². The molecule has 0 bridgehead atoms. The molecule has 0 saturated heterocycles. The van der Waals surface area contributed by atoms with E-state index in [0.717, 1.165) is 13.0 Å². The van der Waals surface area contributed by atoms with Crippen LogP contribution in [0.5, 0.6) is 0 Å². The van der Waals surface area contributed by atoms with E-state index in [1.807, 2.05) is 56.1 Å². The second-order valence-electron chi connectivity index (χ2n) is 5.83. The lowest BCUT2D eigenvalue weighted by Crippen LogP contribution is -2.39. The molecule has 19 heavy (non-hydrogen) atoms. The second kappa shape index (κ2) is 5.47. The summed E-state index contributed by atoms with van der Waals surface area (Å²) in [7, 11) is 0. The maximum atomic E-state index is 12.2. The van der Waals surface area contributed by atoms with Crippen LogP contribution in [0.15, 0.2) is 42.6 Å². The molecule has 1 aliphatic rings. The Hall–Kier alpha value is -1.77. The van der Waals surface area contributed by atoms with Gasteiger partial charge in [-0.05, 0) is 39.0 Å². The van der Waals surface area contributed by atoms with Gasteiger partial charge in [0.1, 0.15) is 11.6 Å². The highest BCUT2D eigenvalue weighted by atomic mass is 16.6. The fraction of sp³-hybridized carbons (Fsp3) is 0.438. The average molecular weight is 259 g/mol. The van der Waals surface area contributed by atoms with Crippen LogP contribution in [0.2, 0.25) is 0 Å². The molecular weight excluding hydrogens is 238 g/mol. The first-order chi connectivity index (χ1) is 8.96. The summed E-state index contributed by atoms with van der Waals surface area (Å²) in [6, 6.07) is 9.96. The SMILES string of the molecule is CC(C)(C)OC(=O)C1CC=CN1Cc1ccccc1. The molecule has 3 heteroatoms. The molecule has 1 aliphatic heterocycles. The van der Waals surface area contributed by atoms with Gasteiger partial charge in [0.15, 0.2) is 0 Å². The number of ether oxygens (including phenoxy) is 1. The molecule has 102 valence electrons. The third kappa shape index (κ3) is 3.85. The van der Waals surface area contributed by atoms with E-state index < -0.39 is 5.60 Å². The molecule has 1 heterocycles. The van der Waals surface area contributed by atoms with Crippen molar-refractivity contribution in [1.29, 1.82) is 0 Å². The van der Waals surface area contributed by atoms with Gasteiger partial charge in [0, 0.05) is 6.54 Å². The van der Waals surface area contributed by atoms with Gasteiger partial charge in [0.25, 0.3) is 0 Å². The van der Waals surface area contributed by atoms with E-state index in [2.05, 4.69) is 12.1 Å². The zero-order valence-corrected chi connectivity index (χ0v) is 11.8. The normalized spacial score (nSPS) is 18.7. The molecule has 0 amide bonds. The number of benzene rings is 1. The maximum absolute atomic E-state index is 12.2. The molecule has 1 atom stereocenters. The molecule has 3 nitrogen and oxygen atoms in total. The largest absolute Gasteiger partial charge is 0.458 e. The highest BCUT2D eigenvalue weighted by molar-refractivity contribution is 5.77. The monoisotopic (exact) mass is 259 g/mol. The number of nitrogens with zero attached hydrogens (tertiary/aromatic N) is 1. The Balaban J connectivity index is 2.01. The smallest absolute Gasteiger partial charge is 0.329 e. The molecule has 1 aromatic carbocycles. The fourth-order valence-electron chi connectivity index (χ4n) is 2.12. The van der Waals surface area contributed by atoms with Gasteiger partial charge in [-0.2, -0.15) is 0 Å². The van der Waals surface area contributed by atoms with Crippen LogP contribution < -0.4 is 0 Å². The van der Waals surface area contributed by atoms with Crippen molar-refractivity contribution in [1.82, 2.24) is 4.90 Å². The van der Waals surface area contributed by atoms with Gasteiger partial charge in [-0.25, -0.2) is 4.79 Å². The van der Waals surface area contributed by atoms with Crippen LogP contribution in [-0.2, 0) is 16.1 Å². The third-order valence-electron chi connectivity index (χ3n) is 2.94. The molecule has 0 fully saturated rings. The quantitative estimate of drug-likeness (QED) is 0.781.